The van der Waals surface area contributed by atoms with E-state index in [0.717, 1.165) is 11.1 Å². The number of hydrogen-bond donors (Lipinski definition) is 2. The Morgan fingerprint density at radius 1 is 1.05 bits per heavy atom. The van der Waals surface area contributed by atoms with Crippen molar-refractivity contribution in [3.05, 3.63) is 40.4 Å². The molecule has 0 aliphatic rings. The first kappa shape index (κ1) is 28.6. The van der Waals surface area contributed by atoms with Crippen molar-refractivity contribution >= 4 is 34.8 Å². The molecule has 0 fully saturated rings. The van der Waals surface area contributed by atoms with Crippen molar-refractivity contribution in [3.8, 4) is 22.7 Å². The highest BCUT2D eigenvalue weighted by molar-refractivity contribution is 7.11. The summed E-state index contributed by atoms with van der Waals surface area (Å²) in [5.74, 6) is 0.140. The molecule has 1 aromatic carbocycles. The van der Waals surface area contributed by atoms with Crippen molar-refractivity contribution in [2.24, 2.45) is 0 Å². The first-order valence-corrected chi connectivity index (χ1v) is 12.9. The molecule has 3 aromatic rings. The number of amides is 1. The Morgan fingerprint density at radius 3 is 2.34 bits per heavy atom. The van der Waals surface area contributed by atoms with E-state index in [-0.39, 0.29) is 53.4 Å². The third kappa shape index (κ3) is 7.31. The summed E-state index contributed by atoms with van der Waals surface area (Å²) in [6.07, 6.45) is 0.134. The van der Waals surface area contributed by atoms with E-state index in [0.29, 0.717) is 17.6 Å². The number of aryl methyl sites for hydroxylation is 1. The van der Waals surface area contributed by atoms with E-state index >= 15 is 0 Å². The molecule has 0 aliphatic carbocycles. The summed E-state index contributed by atoms with van der Waals surface area (Å²) >= 11 is 1.21. The van der Waals surface area contributed by atoms with Crippen LogP contribution in [-0.2, 0) is 14.9 Å². The van der Waals surface area contributed by atoms with Gasteiger partial charge in [-0.2, -0.15) is 15.0 Å². The second-order valence-corrected chi connectivity index (χ2v) is 10.0. The molecular weight excluding hydrogens is 510 g/mol. The number of aromatic nitrogens is 3. The Hall–Kier alpha value is -3.93. The molecular formula is C26H33N5O6S. The number of methoxy groups -OCH3 is 2. The zero-order chi connectivity index (χ0) is 27.9. The summed E-state index contributed by atoms with van der Waals surface area (Å²) in [4.78, 5) is 37.4. The van der Waals surface area contributed by atoms with Crippen LogP contribution in [-0.4, -0.2) is 54.2 Å². The van der Waals surface area contributed by atoms with E-state index in [1.165, 1.54) is 25.6 Å². The van der Waals surface area contributed by atoms with Gasteiger partial charge in [0.15, 0.2) is 5.69 Å². The molecule has 2 N–H and O–H groups in total. The lowest BCUT2D eigenvalue weighted by atomic mass is 9.86. The van der Waals surface area contributed by atoms with Crippen molar-refractivity contribution < 1.29 is 28.5 Å². The minimum Gasteiger partial charge on any atom is -0.479 e. The molecule has 0 saturated heterocycles. The van der Waals surface area contributed by atoms with E-state index in [2.05, 4.69) is 52.4 Å². The van der Waals surface area contributed by atoms with Crippen LogP contribution in [0.3, 0.4) is 0 Å². The predicted octanol–water partition coefficient (Wildman–Crippen LogP) is 4.97. The average Bonchev–Trinajstić information content (AvgIpc) is 3.34. The quantitative estimate of drug-likeness (QED) is 0.319. The highest BCUT2D eigenvalue weighted by Gasteiger charge is 2.22. The molecule has 0 atom stereocenters. The van der Waals surface area contributed by atoms with E-state index in [1.807, 2.05) is 19.1 Å². The van der Waals surface area contributed by atoms with Crippen LogP contribution < -0.4 is 24.8 Å². The van der Waals surface area contributed by atoms with Crippen molar-refractivity contribution in [2.45, 2.75) is 46.5 Å². The van der Waals surface area contributed by atoms with Gasteiger partial charge in [0.05, 0.1) is 27.2 Å². The minimum atomic E-state index is -0.514. The molecule has 2 heterocycles. The standard InChI is InChI=1S/C26H33N5O6S/c1-8-36-19(32)11-12-27-24-30-22(34-6)20(23(31-24)35-7)29-21(33)17-14-38-25(28-17)37-18-13-16(26(3,4)5)10-9-15(18)2/h9-10,13-14H,8,11-12H2,1-7H3,(H,29,33)(H,27,30,31). The molecule has 12 heteroatoms. The number of thiazole rings is 1. The molecule has 204 valence electrons. The van der Waals surface area contributed by atoms with Crippen LogP contribution in [0.4, 0.5) is 11.6 Å². The first-order chi connectivity index (χ1) is 18.0. The van der Waals surface area contributed by atoms with Gasteiger partial charge in [-0.1, -0.05) is 44.2 Å². The zero-order valence-corrected chi connectivity index (χ0v) is 23.4. The fourth-order valence-electron chi connectivity index (χ4n) is 3.27. The second kappa shape index (κ2) is 12.5. The van der Waals surface area contributed by atoms with Gasteiger partial charge in [-0.25, -0.2) is 0 Å². The Morgan fingerprint density at radius 2 is 1.74 bits per heavy atom. The van der Waals surface area contributed by atoms with Crippen LogP contribution in [0.15, 0.2) is 23.6 Å². The second-order valence-electron chi connectivity index (χ2n) is 9.21. The largest absolute Gasteiger partial charge is 0.479 e. The van der Waals surface area contributed by atoms with Gasteiger partial charge >= 0.3 is 5.97 Å². The van der Waals surface area contributed by atoms with Crippen LogP contribution in [0.25, 0.3) is 0 Å². The van der Waals surface area contributed by atoms with Crippen LogP contribution in [0.5, 0.6) is 22.7 Å². The number of rotatable bonds is 11. The lowest BCUT2D eigenvalue weighted by Crippen LogP contribution is -2.17. The van der Waals surface area contributed by atoms with Gasteiger partial charge in [0.25, 0.3) is 11.1 Å². The predicted molar refractivity (Wildman–Crippen MR) is 145 cm³/mol. The summed E-state index contributed by atoms with van der Waals surface area (Å²) in [5, 5.41) is 7.55. The summed E-state index contributed by atoms with van der Waals surface area (Å²) in [5.41, 5.74) is 2.34. The van der Waals surface area contributed by atoms with E-state index < -0.39 is 5.91 Å². The lowest BCUT2D eigenvalue weighted by molar-refractivity contribution is -0.142. The Kier molecular flexibility index (Phi) is 9.45. The van der Waals surface area contributed by atoms with Gasteiger partial charge in [0.1, 0.15) is 11.4 Å². The van der Waals surface area contributed by atoms with Crippen molar-refractivity contribution in [1.82, 2.24) is 15.0 Å². The van der Waals surface area contributed by atoms with E-state index in [4.69, 9.17) is 18.9 Å². The highest BCUT2D eigenvalue weighted by Crippen LogP contribution is 2.35. The van der Waals surface area contributed by atoms with E-state index in [9.17, 15) is 9.59 Å². The summed E-state index contributed by atoms with van der Waals surface area (Å²) in [6.45, 7) is 10.6. The highest BCUT2D eigenvalue weighted by atomic mass is 32.1. The van der Waals surface area contributed by atoms with Gasteiger partial charge in [-0.3, -0.25) is 9.59 Å². The summed E-state index contributed by atoms with van der Waals surface area (Å²) in [7, 11) is 2.81. The minimum absolute atomic E-state index is 0.0358. The van der Waals surface area contributed by atoms with Gasteiger partial charge in [0.2, 0.25) is 17.7 Å². The molecule has 11 nitrogen and oxygen atoms in total. The molecule has 1 amide bonds. The topological polar surface area (TPSA) is 134 Å². The Bertz CT molecular complexity index is 1260. The number of nitrogens with one attached hydrogen (secondary N) is 2. The average molecular weight is 544 g/mol. The molecule has 2 aromatic heterocycles. The van der Waals surface area contributed by atoms with Crippen LogP contribution in [0.1, 0.15) is 55.7 Å². The fourth-order valence-corrected chi connectivity index (χ4v) is 3.93. The maximum Gasteiger partial charge on any atom is 0.307 e. The van der Waals surface area contributed by atoms with Crippen LogP contribution >= 0.6 is 11.3 Å². The van der Waals surface area contributed by atoms with Crippen LogP contribution in [0.2, 0.25) is 0 Å². The maximum atomic E-state index is 13.0. The molecule has 0 spiro atoms. The molecule has 38 heavy (non-hydrogen) atoms. The third-order valence-electron chi connectivity index (χ3n) is 5.35. The molecule has 0 saturated carbocycles. The van der Waals surface area contributed by atoms with Gasteiger partial charge in [-0.05, 0) is 36.5 Å². The zero-order valence-electron chi connectivity index (χ0n) is 22.6. The monoisotopic (exact) mass is 543 g/mol. The van der Waals surface area contributed by atoms with Gasteiger partial charge in [0, 0.05) is 11.9 Å². The number of nitrogens with zero attached hydrogens (tertiary/aromatic N) is 3. The molecule has 0 unspecified atom stereocenters. The summed E-state index contributed by atoms with van der Waals surface area (Å²) in [6, 6.07) is 6.07. The number of carbonyl (C=O) groups is 2. The normalized spacial score (nSPS) is 11.0. The summed E-state index contributed by atoms with van der Waals surface area (Å²) < 4.78 is 21.6. The molecule has 3 rings (SSSR count). The van der Waals surface area contributed by atoms with Crippen molar-refractivity contribution in [2.75, 3.05) is 38.0 Å². The number of benzene rings is 1. The number of carbonyl (C=O) groups excluding carboxylic acids is 2. The third-order valence-corrected chi connectivity index (χ3v) is 6.07. The number of anilines is 2. The first-order valence-electron chi connectivity index (χ1n) is 12.0. The maximum absolute atomic E-state index is 13.0. The Balaban J connectivity index is 1.74. The van der Waals surface area contributed by atoms with Crippen molar-refractivity contribution in [1.29, 1.82) is 0 Å². The SMILES string of the molecule is CCOC(=O)CCNc1nc(OC)c(NC(=O)c2csc(Oc3cc(C(C)(C)C)ccc3C)n2)c(OC)n1. The number of esters is 1. The van der Waals surface area contributed by atoms with E-state index in [1.54, 1.807) is 12.3 Å². The number of ether oxygens (including phenoxy) is 4. The number of hydrogen-bond acceptors (Lipinski definition) is 11. The van der Waals surface area contributed by atoms with Gasteiger partial charge in [-0.15, -0.1) is 0 Å². The van der Waals surface area contributed by atoms with Crippen LogP contribution in [0, 0.1) is 6.92 Å². The van der Waals surface area contributed by atoms with Crippen molar-refractivity contribution in [3.63, 3.8) is 0 Å². The fraction of sp³-hybridized carbons (Fsp3) is 0.423. The lowest BCUT2D eigenvalue weighted by Gasteiger charge is -2.20. The smallest absolute Gasteiger partial charge is 0.307 e. The Labute approximate surface area is 225 Å². The molecule has 0 aliphatic heterocycles. The molecule has 0 bridgehead atoms. The molecule has 0 radical (unpaired) electrons. The van der Waals surface area contributed by atoms with Gasteiger partial charge < -0.3 is 29.6 Å².